The highest BCUT2D eigenvalue weighted by molar-refractivity contribution is 14.1. The minimum Gasteiger partial charge on any atom is -0.744 e. The van der Waals surface area contributed by atoms with Gasteiger partial charge in [0.05, 0.1) is 4.90 Å². The van der Waals surface area contributed by atoms with E-state index in [1.165, 1.54) is 0 Å². The van der Waals surface area contributed by atoms with E-state index in [0.29, 0.717) is 7.14 Å². The van der Waals surface area contributed by atoms with Gasteiger partial charge in [0.25, 0.3) is 0 Å². The van der Waals surface area contributed by atoms with E-state index >= 15 is 0 Å². The third-order valence-electron chi connectivity index (χ3n) is 1.32. The Labute approximate surface area is 136 Å². The normalized spacial score (nSPS) is 11.8. The number of hydrogen-bond acceptors (Lipinski definition) is 3. The van der Waals surface area contributed by atoms with E-state index < -0.39 is 10.1 Å². The van der Waals surface area contributed by atoms with Gasteiger partial charge in [-0.3, -0.25) is 0 Å². The summed E-state index contributed by atoms with van der Waals surface area (Å²) in [4.78, 5) is -0.108. The zero-order valence-electron chi connectivity index (χ0n) is 6.22. The van der Waals surface area contributed by atoms with Crippen LogP contribution in [0.1, 0.15) is 0 Å². The number of hydrogen-bond donors (Lipinski definition) is 0. The molecule has 0 spiro atoms. The molecule has 78 valence electrons. The molecule has 0 N–H and O–H groups in total. The van der Waals surface area contributed by atoms with Crippen LogP contribution in [-0.2, 0) is 10.1 Å². The van der Waals surface area contributed by atoms with Gasteiger partial charge in [-0.05, 0) is 96.4 Å². The van der Waals surface area contributed by atoms with Gasteiger partial charge in [0.15, 0.2) is 0 Å². The molecule has 0 atom stereocenters. The first-order valence-electron chi connectivity index (χ1n) is 3.04. The van der Waals surface area contributed by atoms with Gasteiger partial charge < -0.3 is 4.55 Å². The Bertz CT molecular complexity index is 482. The lowest BCUT2D eigenvalue weighted by atomic mass is 10.4. The van der Waals surface area contributed by atoms with Crippen LogP contribution in [-0.4, -0.2) is 13.0 Å². The maximum absolute atomic E-state index is 11.0. The summed E-state index contributed by atoms with van der Waals surface area (Å²) < 4.78 is 35.6. The van der Waals surface area contributed by atoms with Gasteiger partial charge in [0, 0.05) is 14.3 Å². The van der Waals surface area contributed by atoms with Crippen molar-refractivity contribution >= 4 is 100 Å². The van der Waals surface area contributed by atoms with Crippen molar-refractivity contribution in [3.8, 4) is 0 Å². The monoisotopic (exact) mass is 661 g/mol. The molecular formula is C6HI4O3S-. The van der Waals surface area contributed by atoms with E-state index in [9.17, 15) is 13.0 Å². The van der Waals surface area contributed by atoms with Crippen molar-refractivity contribution in [1.82, 2.24) is 0 Å². The van der Waals surface area contributed by atoms with E-state index in [1.54, 1.807) is 6.07 Å². The van der Waals surface area contributed by atoms with Crippen LogP contribution < -0.4 is 0 Å². The van der Waals surface area contributed by atoms with E-state index in [1.807, 2.05) is 67.8 Å². The average Bonchev–Trinajstić information content (AvgIpc) is 1.97. The number of halogens is 4. The molecule has 0 amide bonds. The SMILES string of the molecule is O=S(=O)([O-])c1c(I)cc(I)c(I)c1I. The smallest absolute Gasteiger partial charge is 0.126 e. The Hall–Kier alpha value is 2.05. The Kier molecular flexibility index (Phi) is 5.18. The lowest BCUT2D eigenvalue weighted by Crippen LogP contribution is -2.06. The molecule has 0 saturated carbocycles. The molecule has 3 nitrogen and oxygen atoms in total. The number of rotatable bonds is 1. The predicted molar refractivity (Wildman–Crippen MR) is 85.3 cm³/mol. The number of benzene rings is 1. The van der Waals surface area contributed by atoms with Crippen molar-refractivity contribution in [1.29, 1.82) is 0 Å². The topological polar surface area (TPSA) is 57.2 Å². The zero-order valence-corrected chi connectivity index (χ0v) is 15.7. The maximum atomic E-state index is 11.0. The van der Waals surface area contributed by atoms with Crippen LogP contribution in [0.2, 0.25) is 0 Å². The van der Waals surface area contributed by atoms with Crippen LogP contribution in [0.15, 0.2) is 11.0 Å². The fourth-order valence-corrected chi connectivity index (χ4v) is 7.00. The largest absolute Gasteiger partial charge is 0.744 e. The van der Waals surface area contributed by atoms with Crippen molar-refractivity contribution in [3.63, 3.8) is 0 Å². The molecule has 0 unspecified atom stereocenters. The molecule has 0 aliphatic carbocycles. The first-order valence-corrected chi connectivity index (χ1v) is 8.76. The molecule has 0 saturated heterocycles. The fourth-order valence-electron chi connectivity index (χ4n) is 0.779. The zero-order chi connectivity index (χ0) is 11.1. The third-order valence-corrected chi connectivity index (χ3v) is 8.94. The molecule has 1 aromatic rings. The van der Waals surface area contributed by atoms with Gasteiger partial charge in [-0.1, -0.05) is 0 Å². The van der Waals surface area contributed by atoms with Crippen LogP contribution >= 0.6 is 90.4 Å². The molecule has 8 heteroatoms. The van der Waals surface area contributed by atoms with Crippen LogP contribution in [0, 0.1) is 14.3 Å². The van der Waals surface area contributed by atoms with Crippen LogP contribution in [0.25, 0.3) is 0 Å². The second-order valence-electron chi connectivity index (χ2n) is 2.25. The summed E-state index contributed by atoms with van der Waals surface area (Å²) in [6.07, 6.45) is 0. The molecule has 0 bridgehead atoms. The van der Waals surface area contributed by atoms with E-state index in [2.05, 4.69) is 22.6 Å². The highest BCUT2D eigenvalue weighted by Gasteiger charge is 2.16. The third kappa shape index (κ3) is 3.04. The van der Waals surface area contributed by atoms with Crippen molar-refractivity contribution < 1.29 is 13.0 Å². The molecule has 14 heavy (non-hydrogen) atoms. The van der Waals surface area contributed by atoms with Crippen molar-refractivity contribution in [2.24, 2.45) is 0 Å². The summed E-state index contributed by atoms with van der Waals surface area (Å²) in [6, 6.07) is 1.69. The van der Waals surface area contributed by atoms with Crippen LogP contribution in [0.4, 0.5) is 0 Å². The summed E-state index contributed by atoms with van der Waals surface area (Å²) >= 11 is 7.88. The summed E-state index contributed by atoms with van der Waals surface area (Å²) in [5.74, 6) is 0. The Morgan fingerprint density at radius 1 is 1.00 bits per heavy atom. The first kappa shape index (κ1) is 14.1. The van der Waals surface area contributed by atoms with Gasteiger partial charge in [-0.25, -0.2) is 8.42 Å². The Balaban J connectivity index is 3.70. The lowest BCUT2D eigenvalue weighted by molar-refractivity contribution is 0.461. The first-order chi connectivity index (χ1) is 6.25. The highest BCUT2D eigenvalue weighted by atomic mass is 127. The van der Waals surface area contributed by atoms with Gasteiger partial charge in [0.2, 0.25) is 0 Å². The van der Waals surface area contributed by atoms with Gasteiger partial charge in [-0.2, -0.15) is 0 Å². The predicted octanol–water partition coefficient (Wildman–Crippen LogP) is 3.01. The molecule has 0 aliphatic heterocycles. The quantitative estimate of drug-likeness (QED) is 0.202. The second kappa shape index (κ2) is 5.14. The molecule has 0 aromatic heterocycles. The van der Waals surface area contributed by atoms with Crippen molar-refractivity contribution in [2.45, 2.75) is 4.90 Å². The summed E-state index contributed by atoms with van der Waals surface area (Å²) in [5, 5.41) is 0. The van der Waals surface area contributed by atoms with E-state index in [-0.39, 0.29) is 4.90 Å². The molecule has 0 aliphatic rings. The minimum absolute atomic E-state index is 0.108. The lowest BCUT2D eigenvalue weighted by Gasteiger charge is -2.13. The molecule has 1 rings (SSSR count). The van der Waals surface area contributed by atoms with Crippen LogP contribution in [0.3, 0.4) is 0 Å². The Morgan fingerprint density at radius 2 is 1.50 bits per heavy atom. The summed E-state index contributed by atoms with van der Waals surface area (Å²) in [6.45, 7) is 0. The summed E-state index contributed by atoms with van der Waals surface area (Å²) in [7, 11) is -4.38. The van der Waals surface area contributed by atoms with Gasteiger partial charge in [-0.15, -0.1) is 0 Å². The van der Waals surface area contributed by atoms with Crippen molar-refractivity contribution in [2.75, 3.05) is 0 Å². The van der Waals surface area contributed by atoms with E-state index in [0.717, 1.165) is 7.14 Å². The van der Waals surface area contributed by atoms with Crippen LogP contribution in [0.5, 0.6) is 0 Å². The van der Waals surface area contributed by atoms with Gasteiger partial charge in [0.1, 0.15) is 10.1 Å². The molecule has 1 aromatic carbocycles. The standard InChI is InChI=1S/C6H2I4O3S/c7-2-1-3(8)6(14(11,12)13)5(10)4(2)9/h1H,(H,11,12,13)/p-1. The maximum Gasteiger partial charge on any atom is 0.126 e. The summed E-state index contributed by atoms with van der Waals surface area (Å²) in [5.41, 5.74) is 0. The van der Waals surface area contributed by atoms with E-state index in [4.69, 9.17) is 0 Å². The van der Waals surface area contributed by atoms with Gasteiger partial charge >= 0.3 is 0 Å². The average molecular weight is 661 g/mol. The Morgan fingerprint density at radius 3 is 1.93 bits per heavy atom. The minimum atomic E-state index is -4.38. The molecule has 0 fully saturated rings. The molecular weight excluding hydrogens is 660 g/mol. The second-order valence-corrected chi connectivity index (χ2v) is 8.05. The fraction of sp³-hybridized carbons (Fsp3) is 0. The highest BCUT2D eigenvalue weighted by Crippen LogP contribution is 2.31. The molecule has 0 heterocycles. The van der Waals surface area contributed by atoms with Crippen molar-refractivity contribution in [3.05, 3.63) is 20.3 Å². The molecule has 0 radical (unpaired) electrons.